The molecule has 0 radical (unpaired) electrons. The van der Waals surface area contributed by atoms with Crippen molar-refractivity contribution >= 4 is 17.5 Å². The van der Waals surface area contributed by atoms with E-state index >= 15 is 0 Å². The van der Waals surface area contributed by atoms with Crippen molar-refractivity contribution in [2.75, 3.05) is 19.0 Å². The van der Waals surface area contributed by atoms with Gasteiger partial charge in [-0.1, -0.05) is 0 Å². The van der Waals surface area contributed by atoms with Crippen molar-refractivity contribution in [3.63, 3.8) is 0 Å². The molecule has 0 saturated carbocycles. The Balaban J connectivity index is 1.48. The van der Waals surface area contributed by atoms with Gasteiger partial charge in [0.05, 0.1) is 5.75 Å². The van der Waals surface area contributed by atoms with Crippen LogP contribution in [-0.4, -0.2) is 35.9 Å². The Kier molecular flexibility index (Phi) is 6.18. The fraction of sp³-hybridized carbons (Fsp3) is 0.261. The molecular formula is C23H21F2NO4S. The van der Waals surface area contributed by atoms with Crippen LogP contribution in [-0.2, 0) is 0 Å². The van der Waals surface area contributed by atoms with Gasteiger partial charge < -0.3 is 18.8 Å². The SMILES string of the molecule is Cc1cc(C(=O)CSc2ccc3c(c2)OCCO3)c(C)n1-c1ccc(OC(F)F)cc1. The molecule has 2 aromatic carbocycles. The first-order valence-corrected chi connectivity index (χ1v) is 10.7. The number of alkyl halides is 2. The molecule has 5 nitrogen and oxygen atoms in total. The first-order chi connectivity index (χ1) is 14.9. The molecule has 1 aliphatic heterocycles. The van der Waals surface area contributed by atoms with Gasteiger partial charge in [-0.05, 0) is 62.4 Å². The van der Waals surface area contributed by atoms with Crippen LogP contribution in [0.15, 0.2) is 53.4 Å². The summed E-state index contributed by atoms with van der Waals surface area (Å²) in [6.45, 7) is 1.97. The molecule has 1 aromatic heterocycles. The van der Waals surface area contributed by atoms with Crippen LogP contribution in [0.3, 0.4) is 0 Å². The third kappa shape index (κ3) is 4.69. The molecule has 0 amide bonds. The van der Waals surface area contributed by atoms with Crippen LogP contribution < -0.4 is 14.2 Å². The highest BCUT2D eigenvalue weighted by molar-refractivity contribution is 8.00. The van der Waals surface area contributed by atoms with Crippen LogP contribution in [0.4, 0.5) is 8.78 Å². The van der Waals surface area contributed by atoms with Crippen molar-refractivity contribution in [2.24, 2.45) is 0 Å². The van der Waals surface area contributed by atoms with E-state index in [1.165, 1.54) is 23.9 Å². The quantitative estimate of drug-likeness (QED) is 0.358. The Bertz CT molecular complexity index is 1100. The van der Waals surface area contributed by atoms with Gasteiger partial charge >= 0.3 is 6.61 Å². The number of aromatic nitrogens is 1. The minimum Gasteiger partial charge on any atom is -0.486 e. The number of Topliss-reactive ketones (excluding diaryl/α,β-unsaturated/α-hetero) is 1. The zero-order valence-corrected chi connectivity index (χ0v) is 17.9. The number of nitrogens with zero attached hydrogens (tertiary/aromatic N) is 1. The summed E-state index contributed by atoms with van der Waals surface area (Å²) in [5, 5.41) is 0. The molecule has 162 valence electrons. The smallest absolute Gasteiger partial charge is 0.387 e. The third-order valence-electron chi connectivity index (χ3n) is 4.94. The van der Waals surface area contributed by atoms with E-state index < -0.39 is 6.61 Å². The Morgan fingerprint density at radius 3 is 2.48 bits per heavy atom. The highest BCUT2D eigenvalue weighted by Gasteiger charge is 2.18. The summed E-state index contributed by atoms with van der Waals surface area (Å²) in [5.41, 5.74) is 3.09. The van der Waals surface area contributed by atoms with E-state index in [4.69, 9.17) is 9.47 Å². The summed E-state index contributed by atoms with van der Waals surface area (Å²) in [6.07, 6.45) is 0. The summed E-state index contributed by atoms with van der Waals surface area (Å²) >= 11 is 1.44. The van der Waals surface area contributed by atoms with Gasteiger partial charge in [-0.15, -0.1) is 11.8 Å². The number of carbonyl (C=O) groups excluding carboxylic acids is 1. The molecule has 31 heavy (non-hydrogen) atoms. The van der Waals surface area contributed by atoms with Gasteiger partial charge in [0.2, 0.25) is 0 Å². The van der Waals surface area contributed by atoms with Gasteiger partial charge in [0.25, 0.3) is 0 Å². The van der Waals surface area contributed by atoms with Gasteiger partial charge in [0, 0.05) is 27.5 Å². The summed E-state index contributed by atoms with van der Waals surface area (Å²) in [5.74, 6) is 1.80. The lowest BCUT2D eigenvalue weighted by Crippen LogP contribution is -2.15. The molecule has 8 heteroatoms. The van der Waals surface area contributed by atoms with Gasteiger partial charge in [-0.25, -0.2) is 0 Å². The lowest BCUT2D eigenvalue weighted by Gasteiger charge is -2.18. The predicted octanol–water partition coefficient (Wildman–Crippen LogP) is 5.44. The van der Waals surface area contributed by atoms with Crippen LogP contribution >= 0.6 is 11.8 Å². The molecule has 0 bridgehead atoms. The van der Waals surface area contributed by atoms with Crippen molar-refractivity contribution in [1.29, 1.82) is 0 Å². The number of halogens is 2. The monoisotopic (exact) mass is 445 g/mol. The second-order valence-electron chi connectivity index (χ2n) is 7.01. The number of hydrogen-bond donors (Lipinski definition) is 0. The van der Waals surface area contributed by atoms with E-state index in [0.717, 1.165) is 27.7 Å². The molecule has 3 aromatic rings. The average Bonchev–Trinajstić information content (AvgIpc) is 3.06. The normalized spacial score (nSPS) is 12.8. The van der Waals surface area contributed by atoms with Gasteiger partial charge in [-0.2, -0.15) is 8.78 Å². The zero-order valence-electron chi connectivity index (χ0n) is 17.1. The topological polar surface area (TPSA) is 49.7 Å². The van der Waals surface area contributed by atoms with Crippen LogP contribution in [0.2, 0.25) is 0 Å². The second-order valence-corrected chi connectivity index (χ2v) is 8.06. The Morgan fingerprint density at radius 2 is 1.77 bits per heavy atom. The molecule has 0 aliphatic carbocycles. The maximum atomic E-state index is 12.9. The highest BCUT2D eigenvalue weighted by Crippen LogP contribution is 2.34. The lowest BCUT2D eigenvalue weighted by molar-refractivity contribution is -0.0498. The summed E-state index contributed by atoms with van der Waals surface area (Å²) in [6, 6.07) is 13.9. The molecule has 0 N–H and O–H groups in total. The fourth-order valence-corrected chi connectivity index (χ4v) is 4.37. The second kappa shape index (κ2) is 9.01. The molecule has 0 spiro atoms. The standard InChI is InChI=1S/C23H21F2NO4S/c1-14-11-19(15(2)26(14)16-3-5-17(6-4-16)30-23(24)25)20(27)13-31-18-7-8-21-22(12-18)29-10-9-28-21/h3-8,11-12,23H,9-10,13H2,1-2H3. The number of thioether (sulfide) groups is 1. The Morgan fingerprint density at radius 1 is 1.06 bits per heavy atom. The van der Waals surface area contributed by atoms with E-state index in [1.807, 2.05) is 42.7 Å². The van der Waals surface area contributed by atoms with Crippen molar-refractivity contribution in [3.8, 4) is 22.9 Å². The number of hydrogen-bond acceptors (Lipinski definition) is 5. The maximum Gasteiger partial charge on any atom is 0.387 e. The molecule has 0 unspecified atom stereocenters. The van der Waals surface area contributed by atoms with E-state index in [-0.39, 0.29) is 17.3 Å². The predicted molar refractivity (Wildman–Crippen MR) is 114 cm³/mol. The Labute approximate surface area is 182 Å². The minimum absolute atomic E-state index is 0.0110. The van der Waals surface area contributed by atoms with Crippen LogP contribution in [0.5, 0.6) is 17.2 Å². The first kappa shape index (κ1) is 21.2. The summed E-state index contributed by atoms with van der Waals surface area (Å²) in [7, 11) is 0. The molecule has 4 rings (SSSR count). The van der Waals surface area contributed by atoms with Crippen molar-refractivity contribution in [2.45, 2.75) is 25.4 Å². The minimum atomic E-state index is -2.86. The van der Waals surface area contributed by atoms with Crippen LogP contribution in [0.25, 0.3) is 5.69 Å². The Hall–Kier alpha value is -3.00. The number of benzene rings is 2. The van der Waals surface area contributed by atoms with Crippen molar-refractivity contribution in [1.82, 2.24) is 4.57 Å². The maximum absolute atomic E-state index is 12.9. The van der Waals surface area contributed by atoms with E-state index in [2.05, 4.69) is 4.74 Å². The fourth-order valence-electron chi connectivity index (χ4n) is 3.56. The average molecular weight is 445 g/mol. The van der Waals surface area contributed by atoms with Gasteiger partial charge in [-0.3, -0.25) is 4.79 Å². The van der Waals surface area contributed by atoms with E-state index in [1.54, 1.807) is 12.1 Å². The number of carbonyl (C=O) groups is 1. The molecule has 0 saturated heterocycles. The third-order valence-corrected chi connectivity index (χ3v) is 5.93. The molecule has 2 heterocycles. The number of ketones is 1. The van der Waals surface area contributed by atoms with Gasteiger partial charge in [0.15, 0.2) is 17.3 Å². The van der Waals surface area contributed by atoms with E-state index in [0.29, 0.717) is 24.5 Å². The van der Waals surface area contributed by atoms with Crippen molar-refractivity contribution in [3.05, 3.63) is 65.5 Å². The highest BCUT2D eigenvalue weighted by atomic mass is 32.2. The molecular weight excluding hydrogens is 424 g/mol. The summed E-state index contributed by atoms with van der Waals surface area (Å²) < 4.78 is 42.2. The van der Waals surface area contributed by atoms with Crippen LogP contribution in [0, 0.1) is 13.8 Å². The number of aryl methyl sites for hydroxylation is 1. The largest absolute Gasteiger partial charge is 0.486 e. The van der Waals surface area contributed by atoms with Crippen LogP contribution in [0.1, 0.15) is 21.7 Å². The number of ether oxygens (including phenoxy) is 3. The zero-order chi connectivity index (χ0) is 22.0. The molecule has 1 aliphatic rings. The first-order valence-electron chi connectivity index (χ1n) is 9.72. The molecule has 0 fully saturated rings. The summed E-state index contributed by atoms with van der Waals surface area (Å²) in [4.78, 5) is 13.8. The van der Waals surface area contributed by atoms with E-state index in [9.17, 15) is 13.6 Å². The number of fused-ring (bicyclic) bond motifs is 1. The lowest BCUT2D eigenvalue weighted by atomic mass is 10.2. The van der Waals surface area contributed by atoms with Crippen molar-refractivity contribution < 1.29 is 27.8 Å². The molecule has 0 atom stereocenters. The number of rotatable bonds is 7. The van der Waals surface area contributed by atoms with Gasteiger partial charge in [0.1, 0.15) is 19.0 Å².